The summed E-state index contributed by atoms with van der Waals surface area (Å²) in [6.45, 7) is 5.52. The monoisotopic (exact) mass is 383 g/mol. The fourth-order valence-electron chi connectivity index (χ4n) is 3.78. The topological polar surface area (TPSA) is 73.2 Å². The van der Waals surface area contributed by atoms with Crippen LogP contribution >= 0.6 is 0 Å². The van der Waals surface area contributed by atoms with Crippen LogP contribution in [0.2, 0.25) is 0 Å². The van der Waals surface area contributed by atoms with Crippen molar-refractivity contribution in [1.82, 2.24) is 9.78 Å². The minimum atomic E-state index is -0.344. The molecule has 0 radical (unpaired) electrons. The van der Waals surface area contributed by atoms with Crippen molar-refractivity contribution in [1.29, 1.82) is 0 Å². The summed E-state index contributed by atoms with van der Waals surface area (Å²) >= 11 is 0. The molecule has 6 heteroatoms. The van der Waals surface area contributed by atoms with E-state index in [-0.39, 0.29) is 18.5 Å². The Balaban J connectivity index is 1.53. The third-order valence-corrected chi connectivity index (χ3v) is 5.43. The first-order valence-electron chi connectivity index (χ1n) is 10.0. The molecule has 1 aromatic carbocycles. The number of ether oxygens (including phenoxy) is 1. The van der Waals surface area contributed by atoms with Crippen LogP contribution in [0, 0.1) is 26.7 Å². The third-order valence-electron chi connectivity index (χ3n) is 5.43. The van der Waals surface area contributed by atoms with Gasteiger partial charge in [-0.1, -0.05) is 43.4 Å². The molecule has 1 fully saturated rings. The number of rotatable bonds is 7. The number of aromatic nitrogens is 2. The van der Waals surface area contributed by atoms with Gasteiger partial charge in [-0.15, -0.1) is 0 Å². The number of anilines is 1. The number of nitrogens with zero attached hydrogens (tertiary/aromatic N) is 2. The molecule has 28 heavy (non-hydrogen) atoms. The molecule has 1 aromatic heterocycles. The molecule has 0 unspecified atom stereocenters. The van der Waals surface area contributed by atoms with Crippen molar-refractivity contribution in [3.8, 4) is 5.69 Å². The van der Waals surface area contributed by atoms with E-state index in [1.807, 2.05) is 45.0 Å². The van der Waals surface area contributed by atoms with E-state index in [2.05, 4.69) is 10.4 Å². The smallest absolute Gasteiger partial charge is 0.306 e. The highest BCUT2D eigenvalue weighted by Crippen LogP contribution is 2.28. The maximum Gasteiger partial charge on any atom is 0.306 e. The van der Waals surface area contributed by atoms with Gasteiger partial charge in [-0.05, 0) is 45.2 Å². The lowest BCUT2D eigenvalue weighted by atomic mass is 10.0. The van der Waals surface area contributed by atoms with Crippen molar-refractivity contribution in [2.45, 2.75) is 59.3 Å². The molecule has 0 spiro atoms. The summed E-state index contributed by atoms with van der Waals surface area (Å²) in [7, 11) is 0. The first kappa shape index (κ1) is 20.1. The van der Waals surface area contributed by atoms with Crippen molar-refractivity contribution in [2.24, 2.45) is 5.92 Å². The largest absolute Gasteiger partial charge is 0.456 e. The Kier molecular flexibility index (Phi) is 6.49. The Morgan fingerprint density at radius 2 is 1.82 bits per heavy atom. The zero-order chi connectivity index (χ0) is 20.1. The summed E-state index contributed by atoms with van der Waals surface area (Å²) in [6, 6.07) is 8.03. The van der Waals surface area contributed by atoms with E-state index in [1.54, 1.807) is 4.68 Å². The first-order chi connectivity index (χ1) is 13.4. The van der Waals surface area contributed by atoms with Gasteiger partial charge in [0.2, 0.25) is 0 Å². The number of carbonyl (C=O) groups is 2. The number of esters is 1. The molecular weight excluding hydrogens is 354 g/mol. The maximum absolute atomic E-state index is 12.2. The van der Waals surface area contributed by atoms with Crippen LogP contribution in [0.25, 0.3) is 5.69 Å². The molecular formula is C22H29N3O3. The van der Waals surface area contributed by atoms with Crippen molar-refractivity contribution >= 4 is 17.6 Å². The van der Waals surface area contributed by atoms with Crippen LogP contribution in [0.3, 0.4) is 0 Å². The van der Waals surface area contributed by atoms with E-state index in [9.17, 15) is 9.59 Å². The zero-order valence-electron chi connectivity index (χ0n) is 17.0. The maximum atomic E-state index is 12.2. The number of hydrogen-bond donors (Lipinski definition) is 1. The highest BCUT2D eigenvalue weighted by atomic mass is 16.5. The van der Waals surface area contributed by atoms with Crippen LogP contribution in [0.1, 0.15) is 55.5 Å². The Morgan fingerprint density at radius 1 is 1.14 bits per heavy atom. The van der Waals surface area contributed by atoms with Gasteiger partial charge in [0, 0.05) is 6.42 Å². The summed E-state index contributed by atoms with van der Waals surface area (Å²) in [4.78, 5) is 24.1. The van der Waals surface area contributed by atoms with Crippen LogP contribution in [0.15, 0.2) is 24.3 Å². The van der Waals surface area contributed by atoms with Gasteiger partial charge in [0.05, 0.1) is 22.8 Å². The summed E-state index contributed by atoms with van der Waals surface area (Å²) in [5.41, 5.74) is 4.33. The van der Waals surface area contributed by atoms with Crippen LogP contribution in [-0.2, 0) is 14.3 Å². The van der Waals surface area contributed by atoms with E-state index in [1.165, 1.54) is 31.2 Å². The third kappa shape index (κ3) is 5.00. The number of benzene rings is 1. The average molecular weight is 383 g/mol. The van der Waals surface area contributed by atoms with E-state index in [0.717, 1.165) is 23.5 Å². The van der Waals surface area contributed by atoms with Crippen LogP contribution in [-0.4, -0.2) is 28.3 Å². The highest BCUT2D eigenvalue weighted by Gasteiger charge is 2.18. The van der Waals surface area contributed by atoms with Gasteiger partial charge >= 0.3 is 5.97 Å². The van der Waals surface area contributed by atoms with E-state index >= 15 is 0 Å². The average Bonchev–Trinajstić information content (AvgIpc) is 3.29. The lowest BCUT2D eigenvalue weighted by Crippen LogP contribution is -2.21. The summed E-state index contributed by atoms with van der Waals surface area (Å²) < 4.78 is 6.95. The molecule has 1 amide bonds. The quantitative estimate of drug-likeness (QED) is 0.726. The predicted molar refractivity (Wildman–Crippen MR) is 109 cm³/mol. The Bertz CT molecular complexity index is 833. The predicted octanol–water partition coefficient (Wildman–Crippen LogP) is 4.25. The molecule has 0 bridgehead atoms. The van der Waals surface area contributed by atoms with Gasteiger partial charge in [-0.3, -0.25) is 9.59 Å². The molecule has 150 valence electrons. The van der Waals surface area contributed by atoms with E-state index in [4.69, 9.17) is 4.74 Å². The van der Waals surface area contributed by atoms with Gasteiger partial charge in [-0.25, -0.2) is 4.68 Å². The second-order valence-corrected chi connectivity index (χ2v) is 7.69. The number of aryl methyl sites for hydroxylation is 2. The summed E-state index contributed by atoms with van der Waals surface area (Å²) in [6.07, 6.45) is 6.19. The molecule has 1 aliphatic rings. The SMILES string of the molecule is Cc1ccc(-n2nc(C)c(NC(=O)COC(=O)CCC3CCCC3)c2C)cc1. The van der Waals surface area contributed by atoms with Crippen LogP contribution in [0.4, 0.5) is 5.69 Å². The van der Waals surface area contributed by atoms with Crippen molar-refractivity contribution in [2.75, 3.05) is 11.9 Å². The minimum absolute atomic E-state index is 0.266. The zero-order valence-corrected chi connectivity index (χ0v) is 17.0. The van der Waals surface area contributed by atoms with Crippen molar-refractivity contribution < 1.29 is 14.3 Å². The Morgan fingerprint density at radius 3 is 2.50 bits per heavy atom. The van der Waals surface area contributed by atoms with Crippen molar-refractivity contribution in [3.05, 3.63) is 41.2 Å². The number of amides is 1. The molecule has 2 aromatic rings. The van der Waals surface area contributed by atoms with Gasteiger partial charge in [-0.2, -0.15) is 5.10 Å². The molecule has 0 atom stereocenters. The second kappa shape index (κ2) is 9.04. The number of nitrogens with one attached hydrogen (secondary N) is 1. The van der Waals surface area contributed by atoms with E-state index < -0.39 is 0 Å². The van der Waals surface area contributed by atoms with Gasteiger partial charge in [0.25, 0.3) is 5.91 Å². The highest BCUT2D eigenvalue weighted by molar-refractivity contribution is 5.93. The first-order valence-corrected chi connectivity index (χ1v) is 10.0. The fraction of sp³-hybridized carbons (Fsp3) is 0.500. The minimum Gasteiger partial charge on any atom is -0.456 e. The molecule has 1 saturated carbocycles. The molecule has 3 rings (SSSR count). The lowest BCUT2D eigenvalue weighted by Gasteiger charge is -2.09. The normalized spacial score (nSPS) is 14.2. The van der Waals surface area contributed by atoms with Gasteiger partial charge in [0.1, 0.15) is 0 Å². The Hall–Kier alpha value is -2.63. The van der Waals surface area contributed by atoms with Gasteiger partial charge < -0.3 is 10.1 Å². The van der Waals surface area contributed by atoms with Crippen LogP contribution in [0.5, 0.6) is 0 Å². The Labute approximate surface area is 166 Å². The van der Waals surface area contributed by atoms with E-state index in [0.29, 0.717) is 18.0 Å². The summed E-state index contributed by atoms with van der Waals surface area (Å²) in [5.74, 6) is -0.00555. The number of hydrogen-bond acceptors (Lipinski definition) is 4. The molecule has 0 saturated heterocycles. The van der Waals surface area contributed by atoms with Gasteiger partial charge in [0.15, 0.2) is 6.61 Å². The second-order valence-electron chi connectivity index (χ2n) is 7.69. The molecule has 1 N–H and O–H groups in total. The molecule has 1 heterocycles. The van der Waals surface area contributed by atoms with Crippen molar-refractivity contribution in [3.63, 3.8) is 0 Å². The molecule has 6 nitrogen and oxygen atoms in total. The number of carbonyl (C=O) groups excluding carboxylic acids is 2. The fourth-order valence-corrected chi connectivity index (χ4v) is 3.78. The van der Waals surface area contributed by atoms with Crippen LogP contribution < -0.4 is 5.32 Å². The molecule has 1 aliphatic carbocycles. The molecule has 0 aliphatic heterocycles. The summed E-state index contributed by atoms with van der Waals surface area (Å²) in [5, 5.41) is 7.36. The standard InChI is InChI=1S/C22H29N3O3/c1-15-8-11-19(12-9-15)25-17(3)22(16(2)24-25)23-20(26)14-28-21(27)13-10-18-6-4-5-7-18/h8-9,11-12,18H,4-7,10,13-14H2,1-3H3,(H,23,26). The lowest BCUT2D eigenvalue weighted by molar-refractivity contribution is -0.147.